The van der Waals surface area contributed by atoms with Gasteiger partial charge < -0.3 is 4.74 Å². The van der Waals surface area contributed by atoms with Gasteiger partial charge in [0.25, 0.3) is 0 Å². The molecule has 104 valence electrons. The summed E-state index contributed by atoms with van der Waals surface area (Å²) in [5.74, 6) is 0.749. The Kier molecular flexibility index (Phi) is 4.35. The SMILES string of the molecule is COc1ccc(/C=C\C(=O)c2cnn(C(C)C)c2)cc1. The minimum absolute atomic E-state index is 0.0484. The van der Waals surface area contributed by atoms with Gasteiger partial charge in [-0.3, -0.25) is 9.48 Å². The fourth-order valence-corrected chi connectivity index (χ4v) is 1.73. The van der Waals surface area contributed by atoms with Crippen LogP contribution < -0.4 is 4.74 Å². The van der Waals surface area contributed by atoms with Crippen molar-refractivity contribution >= 4 is 11.9 Å². The van der Waals surface area contributed by atoms with Crippen LogP contribution in [0.25, 0.3) is 6.08 Å². The first kappa shape index (κ1) is 14.1. The Morgan fingerprint density at radius 3 is 2.55 bits per heavy atom. The number of hydrogen-bond donors (Lipinski definition) is 0. The van der Waals surface area contributed by atoms with Gasteiger partial charge in [0.15, 0.2) is 5.78 Å². The molecule has 0 aliphatic heterocycles. The molecule has 1 aromatic heterocycles. The number of hydrogen-bond acceptors (Lipinski definition) is 3. The van der Waals surface area contributed by atoms with Crippen LogP contribution in [-0.4, -0.2) is 22.7 Å². The summed E-state index contributed by atoms with van der Waals surface area (Å²) in [5, 5.41) is 4.16. The second-order valence-corrected chi connectivity index (χ2v) is 4.77. The lowest BCUT2D eigenvalue weighted by atomic mass is 10.1. The Morgan fingerprint density at radius 1 is 1.30 bits per heavy atom. The molecule has 0 amide bonds. The number of allylic oxidation sites excluding steroid dienone is 1. The molecular weight excluding hydrogens is 252 g/mol. The lowest BCUT2D eigenvalue weighted by Gasteiger charge is -2.02. The van der Waals surface area contributed by atoms with Crippen molar-refractivity contribution in [3.63, 3.8) is 0 Å². The zero-order chi connectivity index (χ0) is 14.5. The zero-order valence-corrected chi connectivity index (χ0v) is 11.9. The third kappa shape index (κ3) is 3.35. The summed E-state index contributed by atoms with van der Waals surface area (Å²) in [5.41, 5.74) is 1.55. The summed E-state index contributed by atoms with van der Waals surface area (Å²) in [6, 6.07) is 7.78. The van der Waals surface area contributed by atoms with E-state index >= 15 is 0 Å². The van der Waals surface area contributed by atoms with E-state index < -0.39 is 0 Å². The summed E-state index contributed by atoms with van der Waals surface area (Å²) in [6.07, 6.45) is 6.71. The van der Waals surface area contributed by atoms with Gasteiger partial charge in [0.1, 0.15) is 5.75 Å². The van der Waals surface area contributed by atoms with Crippen molar-refractivity contribution in [3.05, 3.63) is 53.9 Å². The van der Waals surface area contributed by atoms with Crippen LogP contribution in [0.4, 0.5) is 0 Å². The van der Waals surface area contributed by atoms with Crippen LogP contribution in [0.15, 0.2) is 42.7 Å². The Bertz CT molecular complexity index is 610. The van der Waals surface area contributed by atoms with Crippen molar-refractivity contribution in [2.24, 2.45) is 0 Å². The largest absolute Gasteiger partial charge is 0.497 e. The fourth-order valence-electron chi connectivity index (χ4n) is 1.73. The van der Waals surface area contributed by atoms with Gasteiger partial charge in [-0.1, -0.05) is 18.2 Å². The van der Waals surface area contributed by atoms with Crippen molar-refractivity contribution < 1.29 is 9.53 Å². The third-order valence-corrected chi connectivity index (χ3v) is 2.96. The molecular formula is C16H18N2O2. The predicted molar refractivity (Wildman–Crippen MR) is 79.0 cm³/mol. The van der Waals surface area contributed by atoms with Crippen LogP contribution in [0.3, 0.4) is 0 Å². The average Bonchev–Trinajstić information content (AvgIpc) is 2.95. The first-order chi connectivity index (χ1) is 9.60. The Labute approximate surface area is 118 Å². The molecule has 0 saturated heterocycles. The van der Waals surface area contributed by atoms with Crippen LogP contribution in [0, 0.1) is 0 Å². The molecule has 0 N–H and O–H groups in total. The second-order valence-electron chi connectivity index (χ2n) is 4.77. The van der Waals surface area contributed by atoms with E-state index in [1.165, 1.54) is 0 Å². The molecule has 1 heterocycles. The molecule has 0 fully saturated rings. The van der Waals surface area contributed by atoms with Gasteiger partial charge in [0.05, 0.1) is 18.9 Å². The van der Waals surface area contributed by atoms with Crippen LogP contribution in [0.1, 0.15) is 35.8 Å². The van der Waals surface area contributed by atoms with Crippen molar-refractivity contribution in [1.82, 2.24) is 9.78 Å². The van der Waals surface area contributed by atoms with E-state index in [1.54, 1.807) is 36.3 Å². The normalized spacial score (nSPS) is 11.2. The molecule has 0 unspecified atom stereocenters. The highest BCUT2D eigenvalue weighted by atomic mass is 16.5. The first-order valence-electron chi connectivity index (χ1n) is 6.51. The highest BCUT2D eigenvalue weighted by molar-refractivity contribution is 6.06. The highest BCUT2D eigenvalue weighted by Crippen LogP contribution is 2.13. The Hall–Kier alpha value is -2.36. The lowest BCUT2D eigenvalue weighted by molar-refractivity contribution is 0.104. The smallest absolute Gasteiger partial charge is 0.189 e. The van der Waals surface area contributed by atoms with Gasteiger partial charge in [-0.05, 0) is 37.6 Å². The number of nitrogens with zero attached hydrogens (tertiary/aromatic N) is 2. The first-order valence-corrected chi connectivity index (χ1v) is 6.51. The maximum absolute atomic E-state index is 12.0. The van der Waals surface area contributed by atoms with E-state index in [9.17, 15) is 4.79 Å². The van der Waals surface area contributed by atoms with E-state index in [4.69, 9.17) is 4.74 Å². The number of carbonyl (C=O) groups excluding carboxylic acids is 1. The molecule has 2 rings (SSSR count). The Morgan fingerprint density at radius 2 is 2.00 bits per heavy atom. The molecule has 1 aromatic carbocycles. The quantitative estimate of drug-likeness (QED) is 0.618. The van der Waals surface area contributed by atoms with E-state index in [2.05, 4.69) is 5.10 Å². The minimum Gasteiger partial charge on any atom is -0.497 e. The molecule has 2 aromatic rings. The summed E-state index contributed by atoms with van der Waals surface area (Å²) < 4.78 is 6.86. The van der Waals surface area contributed by atoms with Crippen molar-refractivity contribution in [1.29, 1.82) is 0 Å². The summed E-state index contributed by atoms with van der Waals surface area (Å²) in [7, 11) is 1.63. The van der Waals surface area contributed by atoms with E-state index in [1.807, 2.05) is 38.1 Å². The van der Waals surface area contributed by atoms with Crippen LogP contribution >= 0.6 is 0 Å². The van der Waals surface area contributed by atoms with Gasteiger partial charge in [0, 0.05) is 12.2 Å². The Balaban J connectivity index is 2.07. The lowest BCUT2D eigenvalue weighted by Crippen LogP contribution is -2.00. The predicted octanol–water partition coefficient (Wildman–Crippen LogP) is 3.37. The van der Waals surface area contributed by atoms with Gasteiger partial charge in [-0.25, -0.2) is 0 Å². The number of aromatic nitrogens is 2. The number of ketones is 1. The van der Waals surface area contributed by atoms with Gasteiger partial charge in [-0.2, -0.15) is 5.10 Å². The highest BCUT2D eigenvalue weighted by Gasteiger charge is 2.06. The molecule has 0 aliphatic carbocycles. The molecule has 0 saturated carbocycles. The van der Waals surface area contributed by atoms with Crippen LogP contribution in [0.2, 0.25) is 0 Å². The number of methoxy groups -OCH3 is 1. The number of carbonyl (C=O) groups is 1. The second kappa shape index (κ2) is 6.19. The summed E-state index contributed by atoms with van der Waals surface area (Å²) in [6.45, 7) is 4.04. The fraction of sp³-hybridized carbons (Fsp3) is 0.250. The zero-order valence-electron chi connectivity index (χ0n) is 11.9. The topological polar surface area (TPSA) is 44.1 Å². The maximum atomic E-state index is 12.0. The van der Waals surface area contributed by atoms with Gasteiger partial charge in [-0.15, -0.1) is 0 Å². The number of benzene rings is 1. The van der Waals surface area contributed by atoms with E-state index in [-0.39, 0.29) is 11.8 Å². The number of ether oxygens (including phenoxy) is 1. The van der Waals surface area contributed by atoms with Crippen LogP contribution in [0.5, 0.6) is 5.75 Å². The molecule has 4 heteroatoms. The molecule has 0 radical (unpaired) electrons. The molecule has 20 heavy (non-hydrogen) atoms. The minimum atomic E-state index is -0.0484. The molecule has 0 aliphatic rings. The average molecular weight is 270 g/mol. The van der Waals surface area contributed by atoms with Gasteiger partial charge in [0.2, 0.25) is 0 Å². The van der Waals surface area contributed by atoms with Crippen molar-refractivity contribution in [2.75, 3.05) is 7.11 Å². The standard InChI is InChI=1S/C16H18N2O2/c1-12(2)18-11-14(10-17-18)16(19)9-6-13-4-7-15(20-3)8-5-13/h4-12H,1-3H3/b9-6-. The maximum Gasteiger partial charge on any atom is 0.189 e. The monoisotopic (exact) mass is 270 g/mol. The van der Waals surface area contributed by atoms with E-state index in [0.29, 0.717) is 5.56 Å². The van der Waals surface area contributed by atoms with Crippen molar-refractivity contribution in [3.8, 4) is 5.75 Å². The van der Waals surface area contributed by atoms with E-state index in [0.717, 1.165) is 11.3 Å². The molecule has 0 bridgehead atoms. The summed E-state index contributed by atoms with van der Waals surface area (Å²) >= 11 is 0. The van der Waals surface area contributed by atoms with Crippen LogP contribution in [-0.2, 0) is 0 Å². The third-order valence-electron chi connectivity index (χ3n) is 2.96. The molecule has 4 nitrogen and oxygen atoms in total. The van der Waals surface area contributed by atoms with Gasteiger partial charge >= 0.3 is 0 Å². The molecule has 0 atom stereocenters. The molecule has 0 spiro atoms. The summed E-state index contributed by atoms with van der Waals surface area (Å²) in [4.78, 5) is 12.0. The van der Waals surface area contributed by atoms with Crippen molar-refractivity contribution in [2.45, 2.75) is 19.9 Å². The number of rotatable bonds is 5.